The second-order valence-electron chi connectivity index (χ2n) is 7.36. The van der Waals surface area contributed by atoms with E-state index in [2.05, 4.69) is 0 Å². The van der Waals surface area contributed by atoms with Crippen LogP contribution < -0.4 is 4.74 Å². The summed E-state index contributed by atoms with van der Waals surface area (Å²) in [6.45, 7) is 2.33. The SMILES string of the molecule is CCOC1CCC(C2CCC(c3ccc(OC)c(F)c3F)CO2)C(F)(F)C1. The molecule has 3 nitrogen and oxygen atoms in total. The molecule has 1 aromatic carbocycles. The van der Waals surface area contributed by atoms with E-state index in [4.69, 9.17) is 14.2 Å². The Kier molecular flexibility index (Phi) is 6.31. The molecule has 0 bridgehead atoms. The van der Waals surface area contributed by atoms with Crippen LogP contribution in [0.15, 0.2) is 12.1 Å². The molecule has 0 amide bonds. The third kappa shape index (κ3) is 4.24. The minimum atomic E-state index is -2.84. The smallest absolute Gasteiger partial charge is 0.255 e. The number of hydrogen-bond donors (Lipinski definition) is 0. The first-order valence-electron chi connectivity index (χ1n) is 9.50. The van der Waals surface area contributed by atoms with Crippen LogP contribution in [0, 0.1) is 17.6 Å². The lowest BCUT2D eigenvalue weighted by Crippen LogP contribution is -2.47. The third-order valence-corrected chi connectivity index (χ3v) is 5.74. The average Bonchev–Trinajstić information content (AvgIpc) is 2.64. The molecule has 1 aliphatic heterocycles. The molecular weight excluding hydrogens is 364 g/mol. The number of alkyl halides is 2. The lowest BCUT2D eigenvalue weighted by atomic mass is 9.77. The quantitative estimate of drug-likeness (QED) is 0.657. The topological polar surface area (TPSA) is 27.7 Å². The number of methoxy groups -OCH3 is 1. The summed E-state index contributed by atoms with van der Waals surface area (Å²) in [4.78, 5) is 0. The van der Waals surface area contributed by atoms with Crippen molar-refractivity contribution in [1.29, 1.82) is 0 Å². The predicted molar refractivity (Wildman–Crippen MR) is 92.3 cm³/mol. The van der Waals surface area contributed by atoms with Crippen molar-refractivity contribution < 1.29 is 31.8 Å². The highest BCUT2D eigenvalue weighted by Crippen LogP contribution is 2.45. The second-order valence-corrected chi connectivity index (χ2v) is 7.36. The van der Waals surface area contributed by atoms with Crippen molar-refractivity contribution in [1.82, 2.24) is 0 Å². The fraction of sp³-hybridized carbons (Fsp3) is 0.700. The Balaban J connectivity index is 1.63. The van der Waals surface area contributed by atoms with E-state index < -0.39 is 35.7 Å². The van der Waals surface area contributed by atoms with Crippen LogP contribution in [-0.4, -0.2) is 38.5 Å². The fourth-order valence-electron chi connectivity index (χ4n) is 4.32. The Morgan fingerprint density at radius 3 is 2.48 bits per heavy atom. The van der Waals surface area contributed by atoms with Crippen LogP contribution in [-0.2, 0) is 9.47 Å². The summed E-state index contributed by atoms with van der Waals surface area (Å²) < 4.78 is 73.2. The van der Waals surface area contributed by atoms with Crippen LogP contribution in [0.2, 0.25) is 0 Å². The zero-order valence-corrected chi connectivity index (χ0v) is 15.7. The van der Waals surface area contributed by atoms with E-state index in [0.717, 1.165) is 0 Å². The maximum Gasteiger partial charge on any atom is 0.255 e. The number of rotatable bonds is 5. The zero-order valence-electron chi connectivity index (χ0n) is 15.7. The molecule has 1 heterocycles. The minimum Gasteiger partial charge on any atom is -0.494 e. The van der Waals surface area contributed by atoms with Gasteiger partial charge in [-0.1, -0.05) is 6.07 Å². The van der Waals surface area contributed by atoms with E-state index in [1.807, 2.05) is 0 Å². The Labute approximate surface area is 157 Å². The summed E-state index contributed by atoms with van der Waals surface area (Å²) in [6.07, 6.45) is 0.562. The van der Waals surface area contributed by atoms with E-state index in [-0.39, 0.29) is 30.3 Å². The van der Waals surface area contributed by atoms with Crippen molar-refractivity contribution in [3.8, 4) is 5.75 Å². The van der Waals surface area contributed by atoms with Gasteiger partial charge in [0, 0.05) is 24.9 Å². The lowest BCUT2D eigenvalue weighted by molar-refractivity contribution is -0.180. The zero-order chi connectivity index (χ0) is 19.6. The number of ether oxygens (including phenoxy) is 3. The van der Waals surface area contributed by atoms with Gasteiger partial charge in [-0.25, -0.2) is 13.2 Å². The molecule has 0 aromatic heterocycles. The summed E-state index contributed by atoms with van der Waals surface area (Å²) in [5.74, 6) is -6.19. The highest BCUT2D eigenvalue weighted by molar-refractivity contribution is 5.33. The molecule has 0 N–H and O–H groups in total. The molecule has 1 saturated carbocycles. The number of benzene rings is 1. The van der Waals surface area contributed by atoms with Gasteiger partial charge < -0.3 is 14.2 Å². The fourth-order valence-corrected chi connectivity index (χ4v) is 4.32. The van der Waals surface area contributed by atoms with Gasteiger partial charge in [0.25, 0.3) is 5.92 Å². The van der Waals surface area contributed by atoms with Crippen LogP contribution in [0.5, 0.6) is 5.75 Å². The lowest BCUT2D eigenvalue weighted by Gasteiger charge is -2.42. The first-order valence-corrected chi connectivity index (χ1v) is 9.50. The van der Waals surface area contributed by atoms with Gasteiger partial charge in [-0.05, 0) is 44.2 Å². The van der Waals surface area contributed by atoms with Gasteiger partial charge in [-0.15, -0.1) is 0 Å². The van der Waals surface area contributed by atoms with Crippen molar-refractivity contribution in [2.45, 2.75) is 63.1 Å². The maximum atomic E-state index is 14.6. The molecule has 2 aliphatic rings. The molecule has 1 saturated heterocycles. The molecule has 1 aromatic rings. The van der Waals surface area contributed by atoms with Crippen molar-refractivity contribution in [2.24, 2.45) is 5.92 Å². The monoisotopic (exact) mass is 390 g/mol. The second kappa shape index (κ2) is 8.35. The summed E-state index contributed by atoms with van der Waals surface area (Å²) in [5, 5.41) is 0. The summed E-state index contributed by atoms with van der Waals surface area (Å²) in [7, 11) is 1.27. The Hall–Kier alpha value is -1.34. The summed E-state index contributed by atoms with van der Waals surface area (Å²) >= 11 is 0. The molecule has 27 heavy (non-hydrogen) atoms. The predicted octanol–water partition coefficient (Wildman–Crippen LogP) is 5.08. The molecule has 0 radical (unpaired) electrons. The standard InChI is InChI=1S/C20H26F4O3/c1-3-26-13-5-7-15(20(23,24)10-13)16-8-4-12(11-27-16)14-6-9-17(25-2)19(22)18(14)21/h6,9,12-13,15-16H,3-5,7-8,10-11H2,1-2H3. The Morgan fingerprint density at radius 1 is 1.11 bits per heavy atom. The van der Waals surface area contributed by atoms with Gasteiger partial charge >= 0.3 is 0 Å². The summed E-state index contributed by atoms with van der Waals surface area (Å²) in [6, 6.07) is 2.86. The molecule has 7 heteroatoms. The molecule has 4 unspecified atom stereocenters. The Bertz CT molecular complexity index is 644. The van der Waals surface area contributed by atoms with Crippen molar-refractivity contribution >= 4 is 0 Å². The minimum absolute atomic E-state index is 0.106. The van der Waals surface area contributed by atoms with Gasteiger partial charge in [0.05, 0.1) is 25.9 Å². The number of hydrogen-bond acceptors (Lipinski definition) is 3. The average molecular weight is 390 g/mol. The summed E-state index contributed by atoms with van der Waals surface area (Å²) in [5.41, 5.74) is 0.207. The third-order valence-electron chi connectivity index (χ3n) is 5.74. The van der Waals surface area contributed by atoms with E-state index in [9.17, 15) is 17.6 Å². The van der Waals surface area contributed by atoms with Crippen LogP contribution in [0.4, 0.5) is 17.6 Å². The van der Waals surface area contributed by atoms with Crippen LogP contribution in [0.3, 0.4) is 0 Å². The van der Waals surface area contributed by atoms with Gasteiger partial charge in [-0.2, -0.15) is 4.39 Å². The molecule has 0 spiro atoms. The van der Waals surface area contributed by atoms with Gasteiger partial charge in [-0.3, -0.25) is 0 Å². The molecule has 152 valence electrons. The van der Waals surface area contributed by atoms with Crippen LogP contribution >= 0.6 is 0 Å². The van der Waals surface area contributed by atoms with Gasteiger partial charge in [0.2, 0.25) is 5.82 Å². The largest absolute Gasteiger partial charge is 0.494 e. The molecule has 3 rings (SSSR count). The van der Waals surface area contributed by atoms with Crippen molar-refractivity contribution in [2.75, 3.05) is 20.3 Å². The Morgan fingerprint density at radius 2 is 1.89 bits per heavy atom. The van der Waals surface area contributed by atoms with Gasteiger partial charge in [0.15, 0.2) is 11.6 Å². The molecule has 4 atom stereocenters. The van der Waals surface area contributed by atoms with Crippen LogP contribution in [0.1, 0.15) is 50.5 Å². The normalized spacial score (nSPS) is 30.9. The highest BCUT2D eigenvalue weighted by Gasteiger charge is 2.50. The highest BCUT2D eigenvalue weighted by atomic mass is 19.3. The molecular formula is C20H26F4O3. The van der Waals surface area contributed by atoms with E-state index in [0.29, 0.717) is 32.3 Å². The van der Waals surface area contributed by atoms with E-state index in [1.54, 1.807) is 6.92 Å². The van der Waals surface area contributed by atoms with Crippen molar-refractivity contribution in [3.63, 3.8) is 0 Å². The molecule has 1 aliphatic carbocycles. The number of halogens is 4. The first kappa shape index (κ1) is 20.4. The first-order chi connectivity index (χ1) is 12.9. The van der Waals surface area contributed by atoms with Crippen molar-refractivity contribution in [3.05, 3.63) is 29.3 Å². The maximum absolute atomic E-state index is 14.6. The van der Waals surface area contributed by atoms with E-state index in [1.165, 1.54) is 19.2 Å². The van der Waals surface area contributed by atoms with E-state index >= 15 is 0 Å². The van der Waals surface area contributed by atoms with Gasteiger partial charge in [0.1, 0.15) is 0 Å². The molecule has 2 fully saturated rings. The van der Waals surface area contributed by atoms with Crippen LogP contribution in [0.25, 0.3) is 0 Å².